The van der Waals surface area contributed by atoms with Gasteiger partial charge in [0.05, 0.1) is 29.3 Å². The predicted molar refractivity (Wildman–Crippen MR) is 121 cm³/mol. The van der Waals surface area contributed by atoms with Crippen molar-refractivity contribution in [2.75, 3.05) is 6.61 Å². The molecule has 1 atom stereocenters. The van der Waals surface area contributed by atoms with Gasteiger partial charge in [-0.25, -0.2) is 4.98 Å². The molecular weight excluding hydrogens is 419 g/mol. The minimum absolute atomic E-state index is 0.0917. The highest BCUT2D eigenvalue weighted by Crippen LogP contribution is 2.31. The van der Waals surface area contributed by atoms with E-state index in [0.717, 1.165) is 22.5 Å². The number of ether oxygens (including phenoxy) is 1. The average Bonchev–Trinajstić information content (AvgIpc) is 3.18. The van der Waals surface area contributed by atoms with Crippen LogP contribution in [0.4, 0.5) is 0 Å². The fourth-order valence-corrected chi connectivity index (χ4v) is 3.75. The van der Waals surface area contributed by atoms with E-state index in [4.69, 9.17) is 27.9 Å². The van der Waals surface area contributed by atoms with Crippen molar-refractivity contribution in [3.8, 4) is 28.3 Å². The second-order valence-corrected chi connectivity index (χ2v) is 7.71. The van der Waals surface area contributed by atoms with Gasteiger partial charge in [-0.15, -0.1) is 0 Å². The van der Waals surface area contributed by atoms with Crippen LogP contribution in [0.1, 0.15) is 0 Å². The van der Waals surface area contributed by atoms with Crippen molar-refractivity contribution < 1.29 is 9.84 Å². The number of aromatic nitrogens is 2. The van der Waals surface area contributed by atoms with Crippen molar-refractivity contribution >= 4 is 23.2 Å². The van der Waals surface area contributed by atoms with Gasteiger partial charge in [0, 0.05) is 16.1 Å². The molecule has 0 fully saturated rings. The molecule has 1 aromatic heterocycles. The van der Waals surface area contributed by atoms with Crippen LogP contribution in [0.2, 0.25) is 10.0 Å². The fourth-order valence-electron chi connectivity index (χ4n) is 3.28. The van der Waals surface area contributed by atoms with Gasteiger partial charge < -0.3 is 14.4 Å². The fraction of sp³-hybridized carbons (Fsp3) is 0.125. The Morgan fingerprint density at radius 1 is 0.900 bits per heavy atom. The highest BCUT2D eigenvalue weighted by Gasteiger charge is 2.17. The SMILES string of the molecule is O[C@H](COc1ccc(Cl)cc1Cl)Cn1cnc(-c2ccccc2)c1-c1ccccc1. The van der Waals surface area contributed by atoms with Crippen molar-refractivity contribution in [3.05, 3.63) is 95.2 Å². The Kier molecular flexibility index (Phi) is 6.38. The monoisotopic (exact) mass is 438 g/mol. The molecule has 152 valence electrons. The van der Waals surface area contributed by atoms with Gasteiger partial charge in [-0.2, -0.15) is 0 Å². The molecule has 0 amide bonds. The molecule has 4 rings (SSSR count). The molecule has 0 bridgehead atoms. The molecule has 4 nitrogen and oxygen atoms in total. The topological polar surface area (TPSA) is 47.3 Å². The molecule has 4 aromatic rings. The van der Waals surface area contributed by atoms with E-state index in [1.54, 1.807) is 24.5 Å². The van der Waals surface area contributed by atoms with Gasteiger partial charge >= 0.3 is 0 Å². The summed E-state index contributed by atoms with van der Waals surface area (Å²) in [6, 6.07) is 25.0. The van der Waals surface area contributed by atoms with E-state index >= 15 is 0 Å². The number of hydrogen-bond acceptors (Lipinski definition) is 3. The number of nitrogens with zero attached hydrogens (tertiary/aromatic N) is 2. The molecule has 0 aliphatic heterocycles. The first-order valence-electron chi connectivity index (χ1n) is 9.53. The maximum Gasteiger partial charge on any atom is 0.138 e. The Labute approximate surface area is 185 Å². The van der Waals surface area contributed by atoms with Gasteiger partial charge in [-0.3, -0.25) is 0 Å². The molecule has 0 radical (unpaired) electrons. The first-order valence-corrected chi connectivity index (χ1v) is 10.3. The molecule has 3 aromatic carbocycles. The third kappa shape index (κ3) is 4.68. The molecule has 0 aliphatic rings. The van der Waals surface area contributed by atoms with Crippen LogP contribution in [0.15, 0.2) is 85.2 Å². The standard InChI is InChI=1S/C24H20Cl2N2O2/c25-19-11-12-22(21(26)13-19)30-15-20(29)14-28-16-27-23(17-7-3-1-4-8-17)24(28)18-9-5-2-6-10-18/h1-13,16,20,29H,14-15H2/t20-/m0/s1. The molecule has 30 heavy (non-hydrogen) atoms. The Bertz CT molecular complexity index is 1110. The predicted octanol–water partition coefficient (Wildman–Crippen LogP) is 5.96. The number of rotatable bonds is 7. The zero-order valence-electron chi connectivity index (χ0n) is 16.1. The van der Waals surface area contributed by atoms with Crippen LogP contribution in [0.5, 0.6) is 5.75 Å². The molecule has 0 spiro atoms. The summed E-state index contributed by atoms with van der Waals surface area (Å²) in [6.07, 6.45) is 1.00. The largest absolute Gasteiger partial charge is 0.489 e. The molecule has 0 saturated carbocycles. The van der Waals surface area contributed by atoms with Crippen LogP contribution in [-0.2, 0) is 6.54 Å². The summed E-state index contributed by atoms with van der Waals surface area (Å²) in [6.45, 7) is 0.420. The summed E-state index contributed by atoms with van der Waals surface area (Å²) >= 11 is 12.1. The van der Waals surface area contributed by atoms with Gasteiger partial charge in [0.15, 0.2) is 0 Å². The minimum atomic E-state index is -0.753. The first kappa shape index (κ1) is 20.5. The third-order valence-electron chi connectivity index (χ3n) is 4.66. The number of halogens is 2. The van der Waals surface area contributed by atoms with Crippen LogP contribution in [0.3, 0.4) is 0 Å². The molecule has 6 heteroatoms. The third-order valence-corrected chi connectivity index (χ3v) is 5.20. The number of imidazole rings is 1. The first-order chi connectivity index (χ1) is 14.6. The normalized spacial score (nSPS) is 12.0. The zero-order valence-corrected chi connectivity index (χ0v) is 17.6. The smallest absolute Gasteiger partial charge is 0.138 e. The van der Waals surface area contributed by atoms with E-state index in [1.807, 2.05) is 65.2 Å². The van der Waals surface area contributed by atoms with Crippen molar-refractivity contribution in [1.82, 2.24) is 9.55 Å². The lowest BCUT2D eigenvalue weighted by atomic mass is 10.0. The highest BCUT2D eigenvalue weighted by atomic mass is 35.5. The summed E-state index contributed by atoms with van der Waals surface area (Å²) in [7, 11) is 0. The van der Waals surface area contributed by atoms with Gasteiger partial charge in [0.2, 0.25) is 0 Å². The van der Waals surface area contributed by atoms with Gasteiger partial charge in [0.1, 0.15) is 18.5 Å². The van der Waals surface area contributed by atoms with Crippen LogP contribution < -0.4 is 4.74 Å². The second-order valence-electron chi connectivity index (χ2n) is 6.87. The van der Waals surface area contributed by atoms with Crippen molar-refractivity contribution in [2.45, 2.75) is 12.6 Å². The van der Waals surface area contributed by atoms with Crippen molar-refractivity contribution in [1.29, 1.82) is 0 Å². The van der Waals surface area contributed by atoms with Gasteiger partial charge in [0.25, 0.3) is 0 Å². The van der Waals surface area contributed by atoms with Crippen LogP contribution >= 0.6 is 23.2 Å². The average molecular weight is 439 g/mol. The van der Waals surface area contributed by atoms with E-state index in [-0.39, 0.29) is 6.61 Å². The Morgan fingerprint density at radius 3 is 2.23 bits per heavy atom. The van der Waals surface area contributed by atoms with Crippen LogP contribution in [0, 0.1) is 0 Å². The molecule has 0 saturated heterocycles. The zero-order chi connectivity index (χ0) is 20.9. The molecule has 1 N–H and O–H groups in total. The molecule has 0 aliphatic carbocycles. The number of aliphatic hydroxyl groups excluding tert-OH is 1. The lowest BCUT2D eigenvalue weighted by Crippen LogP contribution is -2.23. The Hall–Kier alpha value is -2.79. The highest BCUT2D eigenvalue weighted by molar-refractivity contribution is 6.35. The lowest BCUT2D eigenvalue weighted by Gasteiger charge is -2.16. The van der Waals surface area contributed by atoms with Crippen molar-refractivity contribution in [2.24, 2.45) is 0 Å². The number of hydrogen-bond donors (Lipinski definition) is 1. The van der Waals surface area contributed by atoms with E-state index < -0.39 is 6.10 Å². The molecular formula is C24H20Cl2N2O2. The summed E-state index contributed by atoms with van der Waals surface area (Å²) in [4.78, 5) is 4.63. The van der Waals surface area contributed by atoms with Crippen LogP contribution in [-0.4, -0.2) is 27.4 Å². The maximum atomic E-state index is 10.6. The second kappa shape index (κ2) is 9.35. The molecule has 1 heterocycles. The van der Waals surface area contributed by atoms with Crippen molar-refractivity contribution in [3.63, 3.8) is 0 Å². The Morgan fingerprint density at radius 2 is 1.57 bits per heavy atom. The Balaban J connectivity index is 1.57. The van der Waals surface area contributed by atoms with Crippen LogP contribution in [0.25, 0.3) is 22.5 Å². The summed E-state index contributed by atoms with van der Waals surface area (Å²) in [5.41, 5.74) is 3.87. The van der Waals surface area contributed by atoms with Gasteiger partial charge in [-0.1, -0.05) is 83.9 Å². The summed E-state index contributed by atoms with van der Waals surface area (Å²) in [5, 5.41) is 11.6. The van der Waals surface area contributed by atoms with E-state index in [0.29, 0.717) is 22.3 Å². The van der Waals surface area contributed by atoms with E-state index in [2.05, 4.69) is 4.98 Å². The van der Waals surface area contributed by atoms with Gasteiger partial charge in [-0.05, 0) is 18.2 Å². The summed E-state index contributed by atoms with van der Waals surface area (Å²) in [5.74, 6) is 0.485. The number of benzene rings is 3. The van der Waals surface area contributed by atoms with E-state index in [1.165, 1.54) is 0 Å². The quantitative estimate of drug-likeness (QED) is 0.386. The lowest BCUT2D eigenvalue weighted by molar-refractivity contribution is 0.0929. The number of aliphatic hydroxyl groups is 1. The maximum absolute atomic E-state index is 10.6. The minimum Gasteiger partial charge on any atom is -0.489 e. The molecule has 0 unspecified atom stereocenters. The van der Waals surface area contributed by atoms with E-state index in [9.17, 15) is 5.11 Å². The summed E-state index contributed by atoms with van der Waals surface area (Å²) < 4.78 is 7.64.